The number of rotatable bonds is 7. The van der Waals surface area contributed by atoms with E-state index < -0.39 is 0 Å². The van der Waals surface area contributed by atoms with E-state index in [0.717, 1.165) is 0 Å². The Labute approximate surface area is 100 Å². The molecule has 0 heterocycles. The van der Waals surface area contributed by atoms with Crippen LogP contribution in [0.1, 0.15) is 0 Å². The van der Waals surface area contributed by atoms with Gasteiger partial charge < -0.3 is 18.9 Å². The number of para-hydroxylation sites is 1. The van der Waals surface area contributed by atoms with Crippen molar-refractivity contribution in [3.05, 3.63) is 18.2 Å². The van der Waals surface area contributed by atoms with Crippen molar-refractivity contribution >= 4 is 5.78 Å². The van der Waals surface area contributed by atoms with Gasteiger partial charge in [-0.15, -0.1) is 0 Å². The fourth-order valence-electron chi connectivity index (χ4n) is 1.31. The molecule has 0 radical (unpaired) electrons. The number of ketones is 1. The largest absolute Gasteiger partial charge is 0.493 e. The maximum atomic E-state index is 11.3. The van der Waals surface area contributed by atoms with Gasteiger partial charge in [-0.3, -0.25) is 4.79 Å². The zero-order valence-corrected chi connectivity index (χ0v) is 10.2. The van der Waals surface area contributed by atoms with Crippen LogP contribution in [0.4, 0.5) is 0 Å². The van der Waals surface area contributed by atoms with E-state index in [1.807, 2.05) is 0 Å². The lowest BCUT2D eigenvalue weighted by Gasteiger charge is -2.13. The second kappa shape index (κ2) is 6.75. The van der Waals surface area contributed by atoms with Gasteiger partial charge in [-0.05, 0) is 12.1 Å². The zero-order chi connectivity index (χ0) is 12.7. The van der Waals surface area contributed by atoms with E-state index in [-0.39, 0.29) is 19.0 Å². The lowest BCUT2D eigenvalue weighted by molar-refractivity contribution is -0.124. The molecule has 0 amide bonds. The van der Waals surface area contributed by atoms with Crippen LogP contribution in [-0.4, -0.2) is 40.3 Å². The summed E-state index contributed by atoms with van der Waals surface area (Å²) in [5.41, 5.74) is 0. The first-order valence-electron chi connectivity index (χ1n) is 5.07. The van der Waals surface area contributed by atoms with Crippen LogP contribution in [0.2, 0.25) is 0 Å². The second-order valence-corrected chi connectivity index (χ2v) is 3.25. The summed E-state index contributed by atoms with van der Waals surface area (Å²) in [6, 6.07) is 5.25. The van der Waals surface area contributed by atoms with Crippen molar-refractivity contribution < 1.29 is 23.7 Å². The normalized spacial score (nSPS) is 9.82. The fraction of sp³-hybridized carbons (Fsp3) is 0.417. The van der Waals surface area contributed by atoms with E-state index in [0.29, 0.717) is 17.2 Å². The number of Topliss-reactive ketones (excluding diaryl/α,β-unsaturated/α-hetero) is 1. The SMILES string of the molecule is COCC(=O)COc1c(OC)cccc1OC. The Morgan fingerprint density at radius 1 is 1.06 bits per heavy atom. The zero-order valence-electron chi connectivity index (χ0n) is 10.2. The topological polar surface area (TPSA) is 54.0 Å². The van der Waals surface area contributed by atoms with Crippen molar-refractivity contribution in [2.45, 2.75) is 0 Å². The molecule has 0 fully saturated rings. The Balaban J connectivity index is 2.77. The Bertz CT molecular complexity index is 353. The van der Waals surface area contributed by atoms with E-state index in [1.165, 1.54) is 21.3 Å². The standard InChI is InChI=1S/C12H16O5/c1-14-7-9(13)8-17-12-10(15-2)5-4-6-11(12)16-3/h4-6H,7-8H2,1-3H3. The molecule has 0 aliphatic heterocycles. The summed E-state index contributed by atoms with van der Waals surface area (Å²) >= 11 is 0. The molecule has 1 rings (SSSR count). The number of hydrogen-bond acceptors (Lipinski definition) is 5. The lowest BCUT2D eigenvalue weighted by atomic mass is 10.3. The van der Waals surface area contributed by atoms with Gasteiger partial charge in [-0.1, -0.05) is 6.07 Å². The molecule has 0 aliphatic rings. The highest BCUT2D eigenvalue weighted by molar-refractivity contribution is 5.81. The van der Waals surface area contributed by atoms with Gasteiger partial charge in [-0.2, -0.15) is 0 Å². The third-order valence-corrected chi connectivity index (χ3v) is 2.07. The Morgan fingerprint density at radius 2 is 1.65 bits per heavy atom. The number of carbonyl (C=O) groups is 1. The Kier molecular flexibility index (Phi) is 5.29. The molecule has 0 spiro atoms. The molecule has 1 aromatic carbocycles. The molecule has 0 bridgehead atoms. The van der Waals surface area contributed by atoms with Gasteiger partial charge in [-0.25, -0.2) is 0 Å². The quantitative estimate of drug-likeness (QED) is 0.719. The van der Waals surface area contributed by atoms with E-state index in [2.05, 4.69) is 0 Å². The van der Waals surface area contributed by atoms with E-state index >= 15 is 0 Å². The fourth-order valence-corrected chi connectivity index (χ4v) is 1.31. The number of hydrogen-bond donors (Lipinski definition) is 0. The van der Waals surface area contributed by atoms with Gasteiger partial charge in [0.05, 0.1) is 14.2 Å². The second-order valence-electron chi connectivity index (χ2n) is 3.25. The molecule has 0 unspecified atom stereocenters. The Hall–Kier alpha value is -1.75. The summed E-state index contributed by atoms with van der Waals surface area (Å²) in [5.74, 6) is 1.31. The molecule has 94 valence electrons. The van der Waals surface area contributed by atoms with E-state index in [4.69, 9.17) is 18.9 Å². The molecule has 17 heavy (non-hydrogen) atoms. The van der Waals surface area contributed by atoms with Crippen LogP contribution in [0, 0.1) is 0 Å². The van der Waals surface area contributed by atoms with Crippen molar-refractivity contribution in [3.8, 4) is 17.2 Å². The van der Waals surface area contributed by atoms with Crippen LogP contribution >= 0.6 is 0 Å². The van der Waals surface area contributed by atoms with Crippen LogP contribution in [0.25, 0.3) is 0 Å². The first-order valence-corrected chi connectivity index (χ1v) is 5.07. The van der Waals surface area contributed by atoms with E-state index in [9.17, 15) is 4.79 Å². The van der Waals surface area contributed by atoms with Crippen LogP contribution in [0.15, 0.2) is 18.2 Å². The molecule has 0 aliphatic carbocycles. The minimum absolute atomic E-state index is 0.0253. The van der Waals surface area contributed by atoms with Crippen molar-refractivity contribution in [1.29, 1.82) is 0 Å². The molecular formula is C12H16O5. The van der Waals surface area contributed by atoms with Gasteiger partial charge in [0.2, 0.25) is 5.75 Å². The Morgan fingerprint density at radius 3 is 2.12 bits per heavy atom. The predicted octanol–water partition coefficient (Wildman–Crippen LogP) is 1.30. The molecule has 1 aromatic rings. The molecule has 5 nitrogen and oxygen atoms in total. The minimum Gasteiger partial charge on any atom is -0.493 e. The van der Waals surface area contributed by atoms with Gasteiger partial charge in [0, 0.05) is 7.11 Å². The van der Waals surface area contributed by atoms with Crippen molar-refractivity contribution in [2.24, 2.45) is 0 Å². The molecule has 0 saturated carbocycles. The van der Waals surface area contributed by atoms with Crippen LogP contribution in [-0.2, 0) is 9.53 Å². The first-order chi connectivity index (χ1) is 8.22. The minimum atomic E-state index is -0.152. The number of methoxy groups -OCH3 is 3. The average molecular weight is 240 g/mol. The third kappa shape index (κ3) is 3.64. The molecule has 0 aromatic heterocycles. The first kappa shape index (κ1) is 13.3. The summed E-state index contributed by atoms with van der Waals surface area (Å²) in [7, 11) is 4.51. The summed E-state index contributed by atoms with van der Waals surface area (Å²) in [6.45, 7) is -0.0535. The van der Waals surface area contributed by atoms with E-state index in [1.54, 1.807) is 18.2 Å². The van der Waals surface area contributed by atoms with Gasteiger partial charge in [0.25, 0.3) is 0 Å². The number of benzene rings is 1. The van der Waals surface area contributed by atoms with Crippen LogP contribution in [0.3, 0.4) is 0 Å². The molecule has 0 N–H and O–H groups in total. The molecule has 0 atom stereocenters. The van der Waals surface area contributed by atoms with Crippen molar-refractivity contribution in [3.63, 3.8) is 0 Å². The predicted molar refractivity (Wildman–Crippen MR) is 61.9 cm³/mol. The van der Waals surface area contributed by atoms with Crippen molar-refractivity contribution in [1.82, 2.24) is 0 Å². The number of carbonyl (C=O) groups excluding carboxylic acids is 1. The lowest BCUT2D eigenvalue weighted by Crippen LogP contribution is -2.16. The van der Waals surface area contributed by atoms with Gasteiger partial charge >= 0.3 is 0 Å². The summed E-state index contributed by atoms with van der Waals surface area (Å²) in [6.07, 6.45) is 0. The average Bonchev–Trinajstić information content (AvgIpc) is 2.36. The molecular weight excluding hydrogens is 224 g/mol. The highest BCUT2D eigenvalue weighted by Crippen LogP contribution is 2.36. The summed E-state index contributed by atoms with van der Waals surface area (Å²) < 4.78 is 20.4. The number of ether oxygens (including phenoxy) is 4. The maximum Gasteiger partial charge on any atom is 0.203 e. The van der Waals surface area contributed by atoms with Crippen molar-refractivity contribution in [2.75, 3.05) is 34.5 Å². The maximum absolute atomic E-state index is 11.3. The van der Waals surface area contributed by atoms with Crippen LogP contribution < -0.4 is 14.2 Å². The van der Waals surface area contributed by atoms with Gasteiger partial charge in [0.15, 0.2) is 17.3 Å². The smallest absolute Gasteiger partial charge is 0.203 e. The molecule has 5 heteroatoms. The highest BCUT2D eigenvalue weighted by Gasteiger charge is 2.12. The molecule has 0 saturated heterocycles. The third-order valence-electron chi connectivity index (χ3n) is 2.07. The monoisotopic (exact) mass is 240 g/mol. The summed E-state index contributed by atoms with van der Waals surface area (Å²) in [5, 5.41) is 0. The summed E-state index contributed by atoms with van der Waals surface area (Å²) in [4.78, 5) is 11.3. The highest BCUT2D eigenvalue weighted by atomic mass is 16.5. The van der Waals surface area contributed by atoms with Crippen LogP contribution in [0.5, 0.6) is 17.2 Å². The van der Waals surface area contributed by atoms with Gasteiger partial charge in [0.1, 0.15) is 13.2 Å².